The normalized spacial score (nSPS) is 8.33. The van der Waals surface area contributed by atoms with E-state index in [0.29, 0.717) is 0 Å². The van der Waals surface area contributed by atoms with Gasteiger partial charge in [-0.05, 0) is 0 Å². The van der Waals surface area contributed by atoms with Crippen molar-refractivity contribution >= 4 is 13.3 Å². The zero-order chi connectivity index (χ0) is 8.65. The van der Waals surface area contributed by atoms with Gasteiger partial charge >= 0.3 is 0 Å². The van der Waals surface area contributed by atoms with E-state index in [1.54, 1.807) is 18.7 Å². The summed E-state index contributed by atoms with van der Waals surface area (Å²) < 4.78 is 0. The Balaban J connectivity index is 0.000000127. The highest BCUT2D eigenvalue weighted by molar-refractivity contribution is 6.32. The third-order valence-corrected chi connectivity index (χ3v) is 1.35. The largest absolute Gasteiger partial charge is 0.351 e. The van der Waals surface area contributed by atoms with Crippen LogP contribution in [-0.2, 0) is 0 Å². The predicted molar refractivity (Wildman–Crippen MR) is 53.2 cm³/mol. The lowest BCUT2D eigenvalue weighted by Gasteiger charge is -1.82. The first kappa shape index (κ1) is 8.59. The molecule has 2 nitrogen and oxygen atoms in total. The molecule has 0 amide bonds. The van der Waals surface area contributed by atoms with Gasteiger partial charge in [0.05, 0.1) is 6.33 Å². The number of hydrogen-bond donors (Lipinski definition) is 1. The molecule has 1 N–H and O–H groups in total. The Kier molecular flexibility index (Phi) is 3.71. The summed E-state index contributed by atoms with van der Waals surface area (Å²) in [6.45, 7) is 0. The van der Waals surface area contributed by atoms with E-state index in [1.807, 2.05) is 18.2 Å². The Morgan fingerprint density at radius 1 is 1.17 bits per heavy atom. The number of rotatable bonds is 0. The smallest absolute Gasteiger partial charge is 0.139 e. The lowest BCUT2D eigenvalue weighted by molar-refractivity contribution is 1.31. The van der Waals surface area contributed by atoms with E-state index in [2.05, 4.69) is 29.9 Å². The summed E-state index contributed by atoms with van der Waals surface area (Å²) in [7, 11) is 2.08. The minimum atomic E-state index is 1.32. The topological polar surface area (TPSA) is 28.7 Å². The first-order chi connectivity index (χ1) is 5.89. The van der Waals surface area contributed by atoms with E-state index in [0.717, 1.165) is 0 Å². The summed E-state index contributed by atoms with van der Waals surface area (Å²) in [5.74, 6) is 0. The summed E-state index contributed by atoms with van der Waals surface area (Å²) >= 11 is 0. The molecule has 1 aromatic heterocycles. The summed E-state index contributed by atoms with van der Waals surface area (Å²) in [5, 5.41) is 0. The van der Waals surface area contributed by atoms with Crippen LogP contribution in [0.5, 0.6) is 0 Å². The van der Waals surface area contributed by atoms with Crippen molar-refractivity contribution in [2.45, 2.75) is 0 Å². The van der Waals surface area contributed by atoms with Gasteiger partial charge in [-0.25, -0.2) is 4.98 Å². The third-order valence-electron chi connectivity index (χ3n) is 1.35. The van der Waals surface area contributed by atoms with Gasteiger partial charge in [-0.3, -0.25) is 0 Å². The quantitative estimate of drug-likeness (QED) is 0.550. The van der Waals surface area contributed by atoms with Crippen LogP contribution in [0.2, 0.25) is 0 Å². The molecular formula is C9H11BN2. The monoisotopic (exact) mass is 158 g/mol. The van der Waals surface area contributed by atoms with Crippen molar-refractivity contribution in [3.05, 3.63) is 49.1 Å². The molecule has 0 fully saturated rings. The lowest BCUT2D eigenvalue weighted by Crippen LogP contribution is -1.97. The van der Waals surface area contributed by atoms with E-state index >= 15 is 0 Å². The average Bonchev–Trinajstić information content (AvgIpc) is 2.62. The fourth-order valence-electron chi connectivity index (χ4n) is 0.750. The van der Waals surface area contributed by atoms with Gasteiger partial charge in [-0.1, -0.05) is 35.8 Å². The summed E-state index contributed by atoms with van der Waals surface area (Å²) in [5.41, 5.74) is 1.32. The standard InChI is InChI=1S/C6H7B.C3H4N2/c7-6-4-2-1-3-5-6;1-2-5-3-4-1/h1-5H,7H2;1-3H,(H,4,5). The minimum Gasteiger partial charge on any atom is -0.351 e. The van der Waals surface area contributed by atoms with Gasteiger partial charge in [-0.15, -0.1) is 0 Å². The molecule has 2 aromatic rings. The van der Waals surface area contributed by atoms with Gasteiger partial charge in [-0.2, -0.15) is 0 Å². The van der Waals surface area contributed by atoms with Crippen LogP contribution in [0.15, 0.2) is 49.1 Å². The summed E-state index contributed by atoms with van der Waals surface area (Å²) in [4.78, 5) is 6.42. The Morgan fingerprint density at radius 2 is 1.92 bits per heavy atom. The summed E-state index contributed by atoms with van der Waals surface area (Å²) in [6, 6.07) is 10.3. The molecule has 0 aliphatic carbocycles. The van der Waals surface area contributed by atoms with Crippen LogP contribution in [0.25, 0.3) is 0 Å². The maximum Gasteiger partial charge on any atom is 0.139 e. The van der Waals surface area contributed by atoms with E-state index < -0.39 is 0 Å². The van der Waals surface area contributed by atoms with Gasteiger partial charge in [0, 0.05) is 12.4 Å². The maximum absolute atomic E-state index is 3.67. The molecule has 0 atom stereocenters. The zero-order valence-electron chi connectivity index (χ0n) is 7.07. The fraction of sp³-hybridized carbons (Fsp3) is 0. The molecule has 60 valence electrons. The molecule has 0 aliphatic rings. The first-order valence-corrected chi connectivity index (χ1v) is 3.84. The number of aromatic nitrogens is 2. The second-order valence-corrected chi connectivity index (χ2v) is 2.42. The highest BCUT2D eigenvalue weighted by atomic mass is 14.8. The van der Waals surface area contributed by atoms with Gasteiger partial charge in [0.2, 0.25) is 0 Å². The van der Waals surface area contributed by atoms with Gasteiger partial charge in [0.1, 0.15) is 7.85 Å². The highest BCUT2D eigenvalue weighted by Gasteiger charge is 1.72. The van der Waals surface area contributed by atoms with E-state index in [9.17, 15) is 0 Å². The van der Waals surface area contributed by atoms with Crippen LogP contribution < -0.4 is 5.46 Å². The number of imidazole rings is 1. The number of nitrogens with one attached hydrogen (secondary N) is 1. The van der Waals surface area contributed by atoms with Crippen molar-refractivity contribution in [1.29, 1.82) is 0 Å². The van der Waals surface area contributed by atoms with Crippen LogP contribution in [0.4, 0.5) is 0 Å². The molecule has 0 radical (unpaired) electrons. The highest BCUT2D eigenvalue weighted by Crippen LogP contribution is 1.76. The van der Waals surface area contributed by atoms with Crippen molar-refractivity contribution < 1.29 is 0 Å². The Bertz CT molecular complexity index is 261. The molecule has 0 saturated carbocycles. The van der Waals surface area contributed by atoms with Gasteiger partial charge < -0.3 is 4.98 Å². The number of hydrogen-bond acceptors (Lipinski definition) is 1. The van der Waals surface area contributed by atoms with Crippen LogP contribution >= 0.6 is 0 Å². The van der Waals surface area contributed by atoms with E-state index in [4.69, 9.17) is 0 Å². The number of benzene rings is 1. The van der Waals surface area contributed by atoms with Gasteiger partial charge in [0.25, 0.3) is 0 Å². The van der Waals surface area contributed by atoms with Crippen molar-refractivity contribution in [3.8, 4) is 0 Å². The second-order valence-electron chi connectivity index (χ2n) is 2.42. The van der Waals surface area contributed by atoms with Crippen LogP contribution in [0.3, 0.4) is 0 Å². The fourth-order valence-corrected chi connectivity index (χ4v) is 0.750. The Morgan fingerprint density at radius 3 is 2.17 bits per heavy atom. The van der Waals surface area contributed by atoms with Crippen LogP contribution in [-0.4, -0.2) is 17.8 Å². The molecule has 1 heterocycles. The molecule has 12 heavy (non-hydrogen) atoms. The molecule has 3 heteroatoms. The molecule has 2 rings (SSSR count). The lowest BCUT2D eigenvalue weighted by atomic mass is 9.97. The second kappa shape index (κ2) is 5.19. The van der Waals surface area contributed by atoms with Crippen molar-refractivity contribution in [2.75, 3.05) is 0 Å². The Hall–Kier alpha value is -1.51. The third kappa shape index (κ3) is 3.61. The predicted octanol–water partition coefficient (Wildman–Crippen LogP) is 0.355. The molecule has 0 saturated heterocycles. The molecular weight excluding hydrogens is 147 g/mol. The van der Waals surface area contributed by atoms with E-state index in [1.165, 1.54) is 5.46 Å². The zero-order valence-corrected chi connectivity index (χ0v) is 7.07. The van der Waals surface area contributed by atoms with E-state index in [-0.39, 0.29) is 0 Å². The number of aromatic amines is 1. The van der Waals surface area contributed by atoms with Crippen LogP contribution in [0.1, 0.15) is 0 Å². The molecule has 1 aromatic carbocycles. The average molecular weight is 158 g/mol. The first-order valence-electron chi connectivity index (χ1n) is 3.84. The number of nitrogens with zero attached hydrogens (tertiary/aromatic N) is 1. The molecule has 0 spiro atoms. The SMILES string of the molecule is Bc1ccccc1.c1c[nH]cn1. The van der Waals surface area contributed by atoms with Crippen LogP contribution in [0, 0.1) is 0 Å². The summed E-state index contributed by atoms with van der Waals surface area (Å²) in [6.07, 6.45) is 5.08. The van der Waals surface area contributed by atoms with Crippen molar-refractivity contribution in [1.82, 2.24) is 9.97 Å². The molecule has 0 aliphatic heterocycles. The maximum atomic E-state index is 3.67. The Labute approximate surface area is 73.1 Å². The van der Waals surface area contributed by atoms with Crippen molar-refractivity contribution in [2.24, 2.45) is 0 Å². The van der Waals surface area contributed by atoms with Crippen molar-refractivity contribution in [3.63, 3.8) is 0 Å². The van der Waals surface area contributed by atoms with Gasteiger partial charge in [0.15, 0.2) is 0 Å². The minimum absolute atomic E-state index is 1.32. The molecule has 0 unspecified atom stereocenters. The molecule has 0 bridgehead atoms. The number of H-pyrrole nitrogens is 1.